The number of ether oxygens (including phenoxy) is 1. The lowest BCUT2D eigenvalue weighted by Gasteiger charge is -2.29. The molecule has 122 valence electrons. The number of anilines is 1. The minimum Gasteiger partial charge on any atom is -0.372 e. The molecule has 0 heterocycles. The van der Waals surface area contributed by atoms with Crippen LogP contribution in [0.5, 0.6) is 0 Å². The van der Waals surface area contributed by atoms with E-state index in [1.54, 1.807) is 13.2 Å². The van der Waals surface area contributed by atoms with Gasteiger partial charge in [0.1, 0.15) is 5.60 Å². The molecule has 2 aromatic rings. The monoisotopic (exact) mass is 332 g/mol. The van der Waals surface area contributed by atoms with E-state index in [1.807, 2.05) is 56.3 Å². The van der Waals surface area contributed by atoms with Crippen LogP contribution in [0.15, 0.2) is 48.5 Å². The SMILES string of the molecule is COC(C)(CNC(=O)Nc1cccc(C)c1)c1cccc(Cl)c1. The molecule has 0 aromatic heterocycles. The number of methoxy groups -OCH3 is 1. The highest BCUT2D eigenvalue weighted by molar-refractivity contribution is 6.30. The second-order valence-electron chi connectivity index (χ2n) is 5.62. The third-order valence-corrected chi connectivity index (χ3v) is 3.98. The Morgan fingerprint density at radius 1 is 1.22 bits per heavy atom. The van der Waals surface area contributed by atoms with Gasteiger partial charge in [-0.3, -0.25) is 0 Å². The van der Waals surface area contributed by atoms with Crippen LogP contribution in [0.3, 0.4) is 0 Å². The maximum Gasteiger partial charge on any atom is 0.319 e. The van der Waals surface area contributed by atoms with Gasteiger partial charge >= 0.3 is 6.03 Å². The Bertz CT molecular complexity index is 690. The van der Waals surface area contributed by atoms with Crippen molar-refractivity contribution in [3.63, 3.8) is 0 Å². The van der Waals surface area contributed by atoms with Crippen LogP contribution in [-0.4, -0.2) is 19.7 Å². The molecule has 1 atom stereocenters. The van der Waals surface area contributed by atoms with Crippen LogP contribution in [0.1, 0.15) is 18.1 Å². The lowest BCUT2D eigenvalue weighted by molar-refractivity contribution is 0.00521. The molecule has 1 unspecified atom stereocenters. The van der Waals surface area contributed by atoms with Gasteiger partial charge in [0, 0.05) is 17.8 Å². The van der Waals surface area contributed by atoms with Crippen LogP contribution in [-0.2, 0) is 10.3 Å². The normalized spacial score (nSPS) is 13.2. The van der Waals surface area contributed by atoms with E-state index < -0.39 is 5.60 Å². The molecule has 4 nitrogen and oxygen atoms in total. The van der Waals surface area contributed by atoms with Gasteiger partial charge in [-0.25, -0.2) is 4.79 Å². The molecule has 23 heavy (non-hydrogen) atoms. The largest absolute Gasteiger partial charge is 0.372 e. The number of rotatable bonds is 5. The van der Waals surface area contributed by atoms with Crippen molar-refractivity contribution in [3.8, 4) is 0 Å². The molecule has 0 aliphatic rings. The summed E-state index contributed by atoms with van der Waals surface area (Å²) in [5.74, 6) is 0. The van der Waals surface area contributed by atoms with Crippen LogP contribution >= 0.6 is 11.6 Å². The summed E-state index contributed by atoms with van der Waals surface area (Å²) in [6.07, 6.45) is 0. The Morgan fingerprint density at radius 3 is 2.61 bits per heavy atom. The zero-order chi connectivity index (χ0) is 16.9. The molecule has 0 spiro atoms. The van der Waals surface area contributed by atoms with Gasteiger partial charge in [-0.15, -0.1) is 0 Å². The second-order valence-corrected chi connectivity index (χ2v) is 6.06. The van der Waals surface area contributed by atoms with Crippen molar-refractivity contribution < 1.29 is 9.53 Å². The predicted octanol–water partition coefficient (Wildman–Crippen LogP) is 4.33. The van der Waals surface area contributed by atoms with E-state index in [-0.39, 0.29) is 6.03 Å². The fourth-order valence-electron chi connectivity index (χ4n) is 2.26. The van der Waals surface area contributed by atoms with E-state index in [1.165, 1.54) is 0 Å². The Kier molecular flexibility index (Phi) is 5.64. The van der Waals surface area contributed by atoms with E-state index in [2.05, 4.69) is 10.6 Å². The minimum atomic E-state index is -0.658. The summed E-state index contributed by atoms with van der Waals surface area (Å²) < 4.78 is 5.60. The van der Waals surface area contributed by atoms with Crippen LogP contribution in [0.25, 0.3) is 0 Å². The predicted molar refractivity (Wildman–Crippen MR) is 94.0 cm³/mol. The molecule has 2 aromatic carbocycles. The Hall–Kier alpha value is -2.04. The van der Waals surface area contributed by atoms with Crippen LogP contribution in [0.2, 0.25) is 5.02 Å². The number of urea groups is 1. The first kappa shape index (κ1) is 17.3. The van der Waals surface area contributed by atoms with Gasteiger partial charge < -0.3 is 15.4 Å². The second kappa shape index (κ2) is 7.49. The topological polar surface area (TPSA) is 50.4 Å². The zero-order valence-corrected chi connectivity index (χ0v) is 14.3. The molecular formula is C18H21ClN2O2. The number of amides is 2. The van der Waals surface area contributed by atoms with E-state index in [9.17, 15) is 4.79 Å². The molecule has 0 radical (unpaired) electrons. The lowest BCUT2D eigenvalue weighted by atomic mass is 9.96. The Balaban J connectivity index is 2.01. The molecule has 0 aliphatic carbocycles. The molecule has 2 amide bonds. The quantitative estimate of drug-likeness (QED) is 0.856. The Morgan fingerprint density at radius 2 is 1.96 bits per heavy atom. The van der Waals surface area contributed by atoms with Crippen molar-refractivity contribution in [2.45, 2.75) is 19.4 Å². The van der Waals surface area contributed by atoms with Gasteiger partial charge in [0.05, 0.1) is 6.54 Å². The Labute approximate surface area is 141 Å². The zero-order valence-electron chi connectivity index (χ0n) is 13.5. The first-order valence-electron chi connectivity index (χ1n) is 7.36. The van der Waals surface area contributed by atoms with Gasteiger partial charge in [0.25, 0.3) is 0 Å². The molecule has 0 bridgehead atoms. The smallest absolute Gasteiger partial charge is 0.319 e. The summed E-state index contributed by atoms with van der Waals surface area (Å²) in [5, 5.41) is 6.29. The highest BCUT2D eigenvalue weighted by atomic mass is 35.5. The van der Waals surface area contributed by atoms with Crippen molar-refractivity contribution in [1.29, 1.82) is 0 Å². The van der Waals surface area contributed by atoms with E-state index >= 15 is 0 Å². The van der Waals surface area contributed by atoms with Gasteiger partial charge in [-0.05, 0) is 49.2 Å². The maximum absolute atomic E-state index is 12.1. The minimum absolute atomic E-state index is 0.277. The standard InChI is InChI=1S/C18H21ClN2O2/c1-13-6-4-9-16(10-13)21-17(22)20-12-18(2,23-3)14-7-5-8-15(19)11-14/h4-11H,12H2,1-3H3,(H2,20,21,22). The highest BCUT2D eigenvalue weighted by Crippen LogP contribution is 2.26. The van der Waals surface area contributed by atoms with Gasteiger partial charge in [0.15, 0.2) is 0 Å². The number of hydrogen-bond acceptors (Lipinski definition) is 2. The third-order valence-electron chi connectivity index (χ3n) is 3.75. The summed E-state index contributed by atoms with van der Waals surface area (Å²) in [4.78, 5) is 12.1. The number of halogens is 1. The molecular weight excluding hydrogens is 312 g/mol. The van der Waals surface area contributed by atoms with Crippen molar-refractivity contribution in [1.82, 2.24) is 5.32 Å². The average Bonchev–Trinajstić information content (AvgIpc) is 2.52. The number of hydrogen-bond donors (Lipinski definition) is 2. The first-order chi connectivity index (χ1) is 10.9. The molecule has 0 aliphatic heterocycles. The molecule has 5 heteroatoms. The lowest BCUT2D eigenvalue weighted by Crippen LogP contribution is -2.41. The van der Waals surface area contributed by atoms with Gasteiger partial charge in [-0.1, -0.05) is 35.9 Å². The van der Waals surface area contributed by atoms with E-state index in [0.29, 0.717) is 11.6 Å². The summed E-state index contributed by atoms with van der Waals surface area (Å²) in [6, 6.07) is 14.8. The maximum atomic E-state index is 12.1. The molecule has 0 fully saturated rings. The molecule has 2 rings (SSSR count). The van der Waals surface area contributed by atoms with Gasteiger partial charge in [-0.2, -0.15) is 0 Å². The molecule has 0 saturated heterocycles. The fraction of sp³-hybridized carbons (Fsp3) is 0.278. The summed E-state index contributed by atoms with van der Waals surface area (Å²) in [5.41, 5.74) is 2.09. The van der Waals surface area contributed by atoms with Crippen molar-refractivity contribution in [3.05, 3.63) is 64.7 Å². The van der Waals surface area contributed by atoms with Crippen LogP contribution < -0.4 is 10.6 Å². The van der Waals surface area contributed by atoms with E-state index in [4.69, 9.17) is 16.3 Å². The van der Waals surface area contributed by atoms with Crippen LogP contribution in [0, 0.1) is 6.92 Å². The number of carbonyl (C=O) groups excluding carboxylic acids is 1. The number of benzene rings is 2. The summed E-state index contributed by atoms with van der Waals surface area (Å²) >= 11 is 6.04. The van der Waals surface area contributed by atoms with Gasteiger partial charge in [0.2, 0.25) is 0 Å². The number of nitrogens with one attached hydrogen (secondary N) is 2. The number of aryl methyl sites for hydroxylation is 1. The first-order valence-corrected chi connectivity index (χ1v) is 7.73. The average molecular weight is 333 g/mol. The molecule has 0 saturated carbocycles. The summed E-state index contributed by atoms with van der Waals surface area (Å²) in [7, 11) is 1.61. The van der Waals surface area contributed by atoms with Crippen molar-refractivity contribution in [2.75, 3.05) is 19.0 Å². The van der Waals surface area contributed by atoms with Crippen molar-refractivity contribution >= 4 is 23.3 Å². The molecule has 2 N–H and O–H groups in total. The van der Waals surface area contributed by atoms with Crippen molar-refractivity contribution in [2.24, 2.45) is 0 Å². The number of carbonyl (C=O) groups is 1. The van der Waals surface area contributed by atoms with Crippen LogP contribution in [0.4, 0.5) is 10.5 Å². The third kappa shape index (κ3) is 4.71. The summed E-state index contributed by atoms with van der Waals surface area (Å²) in [6.45, 7) is 4.21. The fourth-order valence-corrected chi connectivity index (χ4v) is 2.45. The van der Waals surface area contributed by atoms with E-state index in [0.717, 1.165) is 16.8 Å². The highest BCUT2D eigenvalue weighted by Gasteiger charge is 2.27.